The molecule has 0 aliphatic carbocycles. The summed E-state index contributed by atoms with van der Waals surface area (Å²) in [5.41, 5.74) is 1.83. The SMILES string of the molecule is CC(C)(C)OC(=O)N1CCC(CN2Cc3cc(C#N)ccc3NC2=O)CC1. The number of likely N-dealkylation sites (tertiary alicyclic amines) is 1. The number of hydrogen-bond donors (Lipinski definition) is 1. The molecular formula is C20H26N4O3. The van der Waals surface area contributed by atoms with Crippen molar-refractivity contribution < 1.29 is 14.3 Å². The Kier molecular flexibility index (Phi) is 5.26. The number of amides is 3. The molecule has 0 atom stereocenters. The van der Waals surface area contributed by atoms with E-state index in [1.54, 1.807) is 21.9 Å². The minimum atomic E-state index is -0.491. The van der Waals surface area contributed by atoms with Crippen molar-refractivity contribution in [3.05, 3.63) is 29.3 Å². The van der Waals surface area contributed by atoms with Crippen LogP contribution in [0.3, 0.4) is 0 Å². The molecule has 7 nitrogen and oxygen atoms in total. The summed E-state index contributed by atoms with van der Waals surface area (Å²) in [7, 11) is 0. The van der Waals surface area contributed by atoms with Crippen LogP contribution in [0.25, 0.3) is 0 Å². The van der Waals surface area contributed by atoms with E-state index in [2.05, 4.69) is 11.4 Å². The maximum atomic E-state index is 12.4. The maximum Gasteiger partial charge on any atom is 0.410 e. The van der Waals surface area contributed by atoms with Crippen LogP contribution in [0.2, 0.25) is 0 Å². The fraction of sp³-hybridized carbons (Fsp3) is 0.550. The highest BCUT2D eigenvalue weighted by Gasteiger charge is 2.30. The number of hydrogen-bond acceptors (Lipinski definition) is 4. The zero-order valence-corrected chi connectivity index (χ0v) is 16.1. The van der Waals surface area contributed by atoms with Crippen LogP contribution in [0.15, 0.2) is 18.2 Å². The summed E-state index contributed by atoms with van der Waals surface area (Å²) < 4.78 is 5.43. The molecule has 1 fully saturated rings. The minimum Gasteiger partial charge on any atom is -0.444 e. The van der Waals surface area contributed by atoms with Gasteiger partial charge in [-0.05, 0) is 63.3 Å². The topological polar surface area (TPSA) is 85.7 Å². The second-order valence-corrected chi connectivity index (χ2v) is 8.21. The van der Waals surface area contributed by atoms with Gasteiger partial charge in [0.25, 0.3) is 0 Å². The molecule has 1 saturated heterocycles. The summed E-state index contributed by atoms with van der Waals surface area (Å²) in [5, 5.41) is 12.0. The van der Waals surface area contributed by atoms with Crippen LogP contribution in [-0.2, 0) is 11.3 Å². The Morgan fingerprint density at radius 1 is 1.33 bits per heavy atom. The monoisotopic (exact) mass is 370 g/mol. The smallest absolute Gasteiger partial charge is 0.410 e. The van der Waals surface area contributed by atoms with Gasteiger partial charge < -0.3 is 19.9 Å². The molecule has 0 radical (unpaired) electrons. The molecule has 3 amide bonds. The summed E-state index contributed by atoms with van der Waals surface area (Å²) >= 11 is 0. The molecule has 0 unspecified atom stereocenters. The molecule has 2 aliphatic rings. The number of nitrogens with zero attached hydrogens (tertiary/aromatic N) is 3. The molecule has 1 N–H and O–H groups in total. The first-order chi connectivity index (χ1) is 12.7. The first-order valence-corrected chi connectivity index (χ1v) is 9.32. The van der Waals surface area contributed by atoms with E-state index in [4.69, 9.17) is 10.00 Å². The number of benzene rings is 1. The number of nitrogens with one attached hydrogen (secondary N) is 1. The average Bonchev–Trinajstić information content (AvgIpc) is 2.61. The molecule has 1 aromatic carbocycles. The molecule has 2 aliphatic heterocycles. The number of rotatable bonds is 2. The van der Waals surface area contributed by atoms with E-state index in [9.17, 15) is 9.59 Å². The van der Waals surface area contributed by atoms with Crippen molar-refractivity contribution in [1.29, 1.82) is 5.26 Å². The van der Waals surface area contributed by atoms with Gasteiger partial charge >= 0.3 is 12.1 Å². The highest BCUT2D eigenvalue weighted by molar-refractivity contribution is 5.92. The number of carbonyl (C=O) groups excluding carboxylic acids is 2. The number of anilines is 1. The van der Waals surface area contributed by atoms with Crippen LogP contribution in [0.1, 0.15) is 44.7 Å². The van der Waals surface area contributed by atoms with Crippen molar-refractivity contribution in [2.75, 3.05) is 25.0 Å². The van der Waals surface area contributed by atoms with Gasteiger partial charge in [0, 0.05) is 31.9 Å². The van der Waals surface area contributed by atoms with Crippen molar-refractivity contribution in [3.63, 3.8) is 0 Å². The van der Waals surface area contributed by atoms with Crippen LogP contribution in [-0.4, -0.2) is 47.2 Å². The van der Waals surface area contributed by atoms with Crippen molar-refractivity contribution in [2.45, 2.75) is 45.8 Å². The average molecular weight is 370 g/mol. The van der Waals surface area contributed by atoms with E-state index < -0.39 is 5.60 Å². The summed E-state index contributed by atoms with van der Waals surface area (Å²) in [6, 6.07) is 7.34. The highest BCUT2D eigenvalue weighted by atomic mass is 16.6. The molecule has 27 heavy (non-hydrogen) atoms. The fourth-order valence-corrected chi connectivity index (χ4v) is 3.47. The zero-order chi connectivity index (χ0) is 19.6. The number of piperidine rings is 1. The van der Waals surface area contributed by atoms with E-state index in [0.29, 0.717) is 37.7 Å². The van der Waals surface area contributed by atoms with Gasteiger partial charge in [0.05, 0.1) is 11.6 Å². The van der Waals surface area contributed by atoms with Gasteiger partial charge in [0.1, 0.15) is 5.60 Å². The lowest BCUT2D eigenvalue weighted by molar-refractivity contribution is 0.0173. The Hall–Kier alpha value is -2.75. The molecular weight excluding hydrogens is 344 g/mol. The fourth-order valence-electron chi connectivity index (χ4n) is 3.47. The highest BCUT2D eigenvalue weighted by Crippen LogP contribution is 2.27. The Labute approximate surface area is 159 Å². The normalized spacial score (nSPS) is 17.8. The lowest BCUT2D eigenvalue weighted by Crippen LogP contribution is -2.46. The third-order valence-corrected chi connectivity index (χ3v) is 4.87. The van der Waals surface area contributed by atoms with Gasteiger partial charge in [-0.15, -0.1) is 0 Å². The molecule has 0 bridgehead atoms. The van der Waals surface area contributed by atoms with Crippen molar-refractivity contribution in [3.8, 4) is 6.07 Å². The van der Waals surface area contributed by atoms with E-state index in [1.165, 1.54) is 0 Å². The minimum absolute atomic E-state index is 0.109. The van der Waals surface area contributed by atoms with Gasteiger partial charge in [-0.3, -0.25) is 0 Å². The first kappa shape index (κ1) is 19.0. The predicted octanol–water partition coefficient (Wildman–Crippen LogP) is 3.55. The summed E-state index contributed by atoms with van der Waals surface area (Å²) in [6.45, 7) is 8.02. The lowest BCUT2D eigenvalue weighted by Gasteiger charge is -2.37. The van der Waals surface area contributed by atoms with Crippen LogP contribution in [0.5, 0.6) is 0 Å². The van der Waals surface area contributed by atoms with Crippen molar-refractivity contribution in [1.82, 2.24) is 9.80 Å². The molecule has 0 saturated carbocycles. The Bertz CT molecular complexity index is 770. The quantitative estimate of drug-likeness (QED) is 0.862. The zero-order valence-electron chi connectivity index (χ0n) is 16.1. The van der Waals surface area contributed by atoms with E-state index in [-0.39, 0.29) is 12.1 Å². The van der Waals surface area contributed by atoms with Gasteiger partial charge in [-0.25, -0.2) is 9.59 Å². The Morgan fingerprint density at radius 2 is 2.04 bits per heavy atom. The van der Waals surface area contributed by atoms with Gasteiger partial charge in [0.2, 0.25) is 0 Å². The summed E-state index contributed by atoms with van der Waals surface area (Å²) in [4.78, 5) is 28.1. The lowest BCUT2D eigenvalue weighted by atomic mass is 9.95. The standard InChI is InChI=1S/C20H26N4O3/c1-20(2,3)27-19(26)23-8-6-14(7-9-23)12-24-13-16-10-15(11-21)4-5-17(16)22-18(24)25/h4-5,10,14H,6-9,12-13H2,1-3H3,(H,22,25). The van der Waals surface area contributed by atoms with E-state index in [1.807, 2.05) is 26.8 Å². The van der Waals surface area contributed by atoms with Crippen LogP contribution >= 0.6 is 0 Å². The van der Waals surface area contributed by atoms with Crippen molar-refractivity contribution in [2.24, 2.45) is 5.92 Å². The van der Waals surface area contributed by atoms with Crippen LogP contribution in [0, 0.1) is 17.2 Å². The third kappa shape index (κ3) is 4.70. The van der Waals surface area contributed by atoms with Crippen molar-refractivity contribution >= 4 is 17.8 Å². The molecule has 2 heterocycles. The number of urea groups is 1. The molecule has 0 aromatic heterocycles. The molecule has 0 spiro atoms. The first-order valence-electron chi connectivity index (χ1n) is 9.32. The Morgan fingerprint density at radius 3 is 2.67 bits per heavy atom. The summed E-state index contributed by atoms with van der Waals surface area (Å²) in [5.74, 6) is 0.343. The number of fused-ring (bicyclic) bond motifs is 1. The van der Waals surface area contributed by atoms with E-state index >= 15 is 0 Å². The van der Waals surface area contributed by atoms with E-state index in [0.717, 1.165) is 24.1 Å². The van der Waals surface area contributed by atoms with Crippen LogP contribution in [0.4, 0.5) is 15.3 Å². The van der Waals surface area contributed by atoms with Crippen LogP contribution < -0.4 is 5.32 Å². The van der Waals surface area contributed by atoms with Gasteiger partial charge in [0.15, 0.2) is 0 Å². The number of carbonyl (C=O) groups is 2. The largest absolute Gasteiger partial charge is 0.444 e. The van der Waals surface area contributed by atoms with Gasteiger partial charge in [-0.2, -0.15) is 5.26 Å². The van der Waals surface area contributed by atoms with Gasteiger partial charge in [-0.1, -0.05) is 0 Å². The second-order valence-electron chi connectivity index (χ2n) is 8.21. The molecule has 144 valence electrons. The molecule has 3 rings (SSSR count). The predicted molar refractivity (Wildman–Crippen MR) is 101 cm³/mol. The maximum absolute atomic E-state index is 12.4. The molecule has 1 aromatic rings. The Balaban J connectivity index is 1.55. The summed E-state index contributed by atoms with van der Waals surface area (Å²) in [6.07, 6.45) is 1.41. The number of nitriles is 1. The number of ether oxygens (including phenoxy) is 1. The molecule has 7 heteroatoms. The third-order valence-electron chi connectivity index (χ3n) is 4.87. The second kappa shape index (κ2) is 7.47.